The van der Waals surface area contributed by atoms with Gasteiger partial charge in [0.15, 0.2) is 0 Å². The Kier molecular flexibility index (Phi) is 4.56. The number of nitrogens with zero attached hydrogens (tertiary/aromatic N) is 4. The summed E-state index contributed by atoms with van der Waals surface area (Å²) in [5.74, 6) is -0.921. The Morgan fingerprint density at radius 3 is 3.09 bits per heavy atom. The van der Waals surface area contributed by atoms with Crippen LogP contribution in [0.2, 0.25) is 5.02 Å². The fourth-order valence-electron chi connectivity index (χ4n) is 2.42. The zero-order valence-electron chi connectivity index (χ0n) is 12.2. The summed E-state index contributed by atoms with van der Waals surface area (Å²) in [6, 6.07) is 3.82. The van der Waals surface area contributed by atoms with E-state index in [0.29, 0.717) is 31.1 Å². The minimum Gasteiger partial charge on any atom is -0.378 e. The van der Waals surface area contributed by atoms with Gasteiger partial charge in [-0.1, -0.05) is 16.8 Å². The van der Waals surface area contributed by atoms with Gasteiger partial charge < -0.3 is 10.5 Å². The van der Waals surface area contributed by atoms with Crippen molar-refractivity contribution >= 4 is 17.5 Å². The number of rotatable bonds is 4. The lowest BCUT2D eigenvalue weighted by Crippen LogP contribution is -2.51. The highest BCUT2D eigenvalue weighted by Crippen LogP contribution is 2.19. The zero-order valence-corrected chi connectivity index (χ0v) is 12.9. The van der Waals surface area contributed by atoms with Crippen LogP contribution in [0.25, 0.3) is 5.69 Å². The molecule has 1 atom stereocenters. The quantitative estimate of drug-likeness (QED) is 0.888. The number of amides is 1. The summed E-state index contributed by atoms with van der Waals surface area (Å²) in [5.41, 5.74) is 6.65. The van der Waals surface area contributed by atoms with Gasteiger partial charge in [-0.2, -0.15) is 0 Å². The maximum absolute atomic E-state index is 13.2. The smallest absolute Gasteiger partial charge is 0.237 e. The van der Waals surface area contributed by atoms with E-state index in [1.807, 2.05) is 4.90 Å². The van der Waals surface area contributed by atoms with E-state index in [4.69, 9.17) is 22.1 Å². The van der Waals surface area contributed by atoms with E-state index >= 15 is 0 Å². The van der Waals surface area contributed by atoms with E-state index in [1.54, 1.807) is 12.3 Å². The van der Waals surface area contributed by atoms with Crippen LogP contribution < -0.4 is 5.73 Å². The molecule has 0 aliphatic carbocycles. The Morgan fingerprint density at radius 1 is 1.52 bits per heavy atom. The number of carbonyl (C=O) groups is 1. The normalized spacial score (nSPS) is 19.0. The number of hydrogen-bond donors (Lipinski definition) is 1. The maximum atomic E-state index is 13.2. The van der Waals surface area contributed by atoms with Gasteiger partial charge in [0.1, 0.15) is 11.9 Å². The summed E-state index contributed by atoms with van der Waals surface area (Å²) in [4.78, 5) is 13.4. The number of nitrogens with two attached hydrogens (primary N) is 1. The van der Waals surface area contributed by atoms with Crippen LogP contribution >= 0.6 is 11.6 Å². The maximum Gasteiger partial charge on any atom is 0.237 e. The highest BCUT2D eigenvalue weighted by molar-refractivity contribution is 6.30. The van der Waals surface area contributed by atoms with Crippen molar-refractivity contribution in [2.45, 2.75) is 12.6 Å². The first kappa shape index (κ1) is 15.9. The van der Waals surface area contributed by atoms with Gasteiger partial charge in [-0.05, 0) is 18.2 Å². The SMILES string of the molecule is NC(=O)C1COCCN1Cc1cn(-c2ccc(F)c(Cl)c2)nn1. The van der Waals surface area contributed by atoms with Crippen molar-refractivity contribution in [1.29, 1.82) is 0 Å². The molecular formula is C14H15ClFN5O2. The van der Waals surface area contributed by atoms with Crippen molar-refractivity contribution in [3.8, 4) is 5.69 Å². The second-order valence-electron chi connectivity index (χ2n) is 5.22. The summed E-state index contributed by atoms with van der Waals surface area (Å²) in [6.07, 6.45) is 1.71. The van der Waals surface area contributed by atoms with Crippen LogP contribution in [0.15, 0.2) is 24.4 Å². The molecule has 7 nitrogen and oxygen atoms in total. The number of hydrogen-bond acceptors (Lipinski definition) is 5. The minimum absolute atomic E-state index is 0.0153. The number of halogens is 2. The van der Waals surface area contributed by atoms with Crippen LogP contribution in [0.1, 0.15) is 5.69 Å². The predicted molar refractivity (Wildman–Crippen MR) is 80.5 cm³/mol. The van der Waals surface area contributed by atoms with Crippen molar-refractivity contribution in [3.63, 3.8) is 0 Å². The molecule has 1 amide bonds. The summed E-state index contributed by atoms with van der Waals surface area (Å²) < 4.78 is 20.0. The second-order valence-corrected chi connectivity index (χ2v) is 5.62. The molecule has 1 aliphatic heterocycles. The van der Waals surface area contributed by atoms with E-state index < -0.39 is 17.8 Å². The molecule has 2 N–H and O–H groups in total. The Balaban J connectivity index is 1.76. The van der Waals surface area contributed by atoms with E-state index in [0.717, 1.165) is 0 Å². The lowest BCUT2D eigenvalue weighted by Gasteiger charge is -2.32. The number of benzene rings is 1. The first-order valence-electron chi connectivity index (χ1n) is 7.02. The molecule has 9 heteroatoms. The van der Waals surface area contributed by atoms with Crippen molar-refractivity contribution in [3.05, 3.63) is 40.9 Å². The van der Waals surface area contributed by atoms with E-state index in [-0.39, 0.29) is 11.6 Å². The molecule has 1 fully saturated rings. The Hall–Kier alpha value is -2.03. The van der Waals surface area contributed by atoms with Gasteiger partial charge in [0.2, 0.25) is 5.91 Å². The minimum atomic E-state index is -0.492. The van der Waals surface area contributed by atoms with Crippen LogP contribution in [0.3, 0.4) is 0 Å². The fraction of sp³-hybridized carbons (Fsp3) is 0.357. The number of aromatic nitrogens is 3. The Morgan fingerprint density at radius 2 is 2.35 bits per heavy atom. The summed E-state index contributed by atoms with van der Waals surface area (Å²) in [5, 5.41) is 8.09. The van der Waals surface area contributed by atoms with Gasteiger partial charge in [-0.25, -0.2) is 9.07 Å². The Labute approximate surface area is 136 Å². The number of carbonyl (C=O) groups excluding carboxylic acids is 1. The number of ether oxygens (including phenoxy) is 1. The van der Waals surface area contributed by atoms with E-state index in [1.165, 1.54) is 16.8 Å². The molecular weight excluding hydrogens is 325 g/mol. The van der Waals surface area contributed by atoms with Crippen molar-refractivity contribution in [2.75, 3.05) is 19.8 Å². The molecule has 2 heterocycles. The van der Waals surface area contributed by atoms with E-state index in [2.05, 4.69) is 10.3 Å². The average molecular weight is 340 g/mol. The van der Waals surface area contributed by atoms with Gasteiger partial charge in [0, 0.05) is 13.1 Å². The van der Waals surface area contributed by atoms with Gasteiger partial charge in [0.25, 0.3) is 0 Å². The highest BCUT2D eigenvalue weighted by atomic mass is 35.5. The van der Waals surface area contributed by atoms with Crippen LogP contribution in [0, 0.1) is 5.82 Å². The summed E-state index contributed by atoms with van der Waals surface area (Å²) in [6.45, 7) is 1.82. The first-order valence-corrected chi connectivity index (χ1v) is 7.40. The third-order valence-corrected chi connectivity index (χ3v) is 3.93. The molecule has 23 heavy (non-hydrogen) atoms. The van der Waals surface area contributed by atoms with Gasteiger partial charge in [-0.15, -0.1) is 5.10 Å². The summed E-state index contributed by atoms with van der Waals surface area (Å²) >= 11 is 5.77. The Bertz CT molecular complexity index is 723. The van der Waals surface area contributed by atoms with E-state index in [9.17, 15) is 9.18 Å². The molecule has 1 aromatic heterocycles. The average Bonchev–Trinajstić information content (AvgIpc) is 2.99. The van der Waals surface area contributed by atoms with Crippen LogP contribution in [-0.2, 0) is 16.1 Å². The zero-order chi connectivity index (χ0) is 16.4. The third-order valence-electron chi connectivity index (χ3n) is 3.64. The number of primary amides is 1. The molecule has 3 rings (SSSR count). The molecule has 0 spiro atoms. The predicted octanol–water partition coefficient (Wildman–Crippen LogP) is 0.746. The van der Waals surface area contributed by atoms with Crippen LogP contribution in [-0.4, -0.2) is 51.6 Å². The summed E-state index contributed by atoms with van der Waals surface area (Å²) in [7, 11) is 0. The molecule has 2 aromatic rings. The molecule has 0 saturated carbocycles. The standard InChI is InChI=1S/C14H15ClFN5O2/c15-11-5-10(1-2-12(11)16)21-7-9(18-19-21)6-20-3-4-23-8-13(20)14(17)22/h1-2,5,7,13H,3-4,6,8H2,(H2,17,22). The molecule has 122 valence electrons. The molecule has 1 aromatic carbocycles. The largest absolute Gasteiger partial charge is 0.378 e. The first-order chi connectivity index (χ1) is 11.0. The topological polar surface area (TPSA) is 86.3 Å². The molecule has 1 aliphatic rings. The van der Waals surface area contributed by atoms with Crippen LogP contribution in [0.4, 0.5) is 4.39 Å². The van der Waals surface area contributed by atoms with Crippen molar-refractivity contribution in [1.82, 2.24) is 19.9 Å². The lowest BCUT2D eigenvalue weighted by atomic mass is 10.2. The third kappa shape index (κ3) is 3.49. The second kappa shape index (κ2) is 6.61. The molecule has 1 saturated heterocycles. The van der Waals surface area contributed by atoms with Crippen LogP contribution in [0.5, 0.6) is 0 Å². The van der Waals surface area contributed by atoms with Gasteiger partial charge >= 0.3 is 0 Å². The molecule has 0 radical (unpaired) electrons. The molecule has 1 unspecified atom stereocenters. The van der Waals surface area contributed by atoms with Crippen molar-refractivity contribution < 1.29 is 13.9 Å². The van der Waals surface area contributed by atoms with Crippen molar-refractivity contribution in [2.24, 2.45) is 5.73 Å². The lowest BCUT2D eigenvalue weighted by molar-refractivity contribution is -0.129. The van der Waals surface area contributed by atoms with Gasteiger partial charge in [-0.3, -0.25) is 9.69 Å². The fourth-order valence-corrected chi connectivity index (χ4v) is 2.60. The van der Waals surface area contributed by atoms with Gasteiger partial charge in [0.05, 0.1) is 35.8 Å². The molecule has 0 bridgehead atoms. The number of morpholine rings is 1. The monoisotopic (exact) mass is 339 g/mol. The highest BCUT2D eigenvalue weighted by Gasteiger charge is 2.28.